The van der Waals surface area contributed by atoms with E-state index in [1.165, 1.54) is 12.1 Å². The van der Waals surface area contributed by atoms with Crippen LogP contribution in [-0.2, 0) is 14.8 Å². The molecule has 6 nitrogen and oxygen atoms in total. The van der Waals surface area contributed by atoms with Crippen molar-refractivity contribution >= 4 is 33.2 Å². The van der Waals surface area contributed by atoms with Crippen LogP contribution >= 0.6 is 11.6 Å². The number of nitrogens with one attached hydrogen (secondary N) is 1. The lowest BCUT2D eigenvalue weighted by Crippen LogP contribution is -2.41. The monoisotopic (exact) mass is 486 g/mol. The number of carbonyl (C=O) groups is 1. The highest BCUT2D eigenvalue weighted by molar-refractivity contribution is 7.92. The highest BCUT2D eigenvalue weighted by atomic mass is 35.5. The number of halogens is 1. The van der Waals surface area contributed by atoms with Gasteiger partial charge in [-0.25, -0.2) is 8.42 Å². The number of sulfonamides is 1. The Hall–Kier alpha value is -3.03. The van der Waals surface area contributed by atoms with Crippen molar-refractivity contribution in [1.82, 2.24) is 5.32 Å². The number of ether oxygens (including phenoxy) is 1. The molecule has 0 fully saturated rings. The Morgan fingerprint density at radius 2 is 1.58 bits per heavy atom. The lowest BCUT2D eigenvalue weighted by Gasteiger charge is -2.24. The van der Waals surface area contributed by atoms with Gasteiger partial charge < -0.3 is 10.1 Å². The molecule has 8 heteroatoms. The van der Waals surface area contributed by atoms with Crippen molar-refractivity contribution in [3.05, 3.63) is 88.4 Å². The van der Waals surface area contributed by atoms with E-state index in [0.29, 0.717) is 10.7 Å². The Labute approximate surface area is 200 Å². The minimum atomic E-state index is -3.96. The molecule has 174 valence electrons. The molecule has 0 aliphatic heterocycles. The first-order valence-electron chi connectivity index (χ1n) is 10.5. The zero-order valence-corrected chi connectivity index (χ0v) is 20.4. The summed E-state index contributed by atoms with van der Waals surface area (Å²) in [6.07, 6.45) is 0. The van der Waals surface area contributed by atoms with Gasteiger partial charge in [0, 0.05) is 5.02 Å². The maximum atomic E-state index is 13.3. The third-order valence-electron chi connectivity index (χ3n) is 5.02. The number of carbonyl (C=O) groups excluding carboxylic acids is 1. The summed E-state index contributed by atoms with van der Waals surface area (Å²) < 4.78 is 33.5. The van der Waals surface area contributed by atoms with Gasteiger partial charge in [0.1, 0.15) is 18.9 Å². The lowest BCUT2D eigenvalue weighted by molar-refractivity contribution is -0.119. The smallest absolute Gasteiger partial charge is 0.264 e. The van der Waals surface area contributed by atoms with Crippen LogP contribution in [0.25, 0.3) is 0 Å². The van der Waals surface area contributed by atoms with Crippen molar-refractivity contribution in [2.75, 3.05) is 24.0 Å². The van der Waals surface area contributed by atoms with Crippen molar-refractivity contribution in [3.8, 4) is 5.75 Å². The van der Waals surface area contributed by atoms with Gasteiger partial charge in [-0.2, -0.15) is 0 Å². The molecule has 3 aromatic rings. The number of amides is 1. The van der Waals surface area contributed by atoms with E-state index in [2.05, 4.69) is 5.32 Å². The van der Waals surface area contributed by atoms with Crippen LogP contribution in [0.3, 0.4) is 0 Å². The number of anilines is 1. The zero-order valence-electron chi connectivity index (χ0n) is 18.8. The highest BCUT2D eigenvalue weighted by Crippen LogP contribution is 2.25. The van der Waals surface area contributed by atoms with E-state index in [9.17, 15) is 13.2 Å². The molecule has 1 amide bonds. The van der Waals surface area contributed by atoms with Gasteiger partial charge in [-0.3, -0.25) is 9.10 Å². The first kappa shape index (κ1) is 24.6. The molecule has 3 aromatic carbocycles. The summed E-state index contributed by atoms with van der Waals surface area (Å²) in [4.78, 5) is 12.8. The van der Waals surface area contributed by atoms with Crippen LogP contribution in [0.2, 0.25) is 5.02 Å². The molecule has 0 aliphatic carbocycles. The number of nitrogens with zero attached hydrogens (tertiary/aromatic N) is 1. The Morgan fingerprint density at radius 3 is 2.21 bits per heavy atom. The number of aryl methyl sites for hydroxylation is 3. The van der Waals surface area contributed by atoms with E-state index in [1.54, 1.807) is 36.4 Å². The molecule has 0 unspecified atom stereocenters. The minimum absolute atomic E-state index is 0.106. The first-order chi connectivity index (χ1) is 15.7. The SMILES string of the molecule is Cc1ccc(S(=O)(=O)N(CC(=O)NCCOc2ccc(C)cc2C)c2ccc(Cl)cc2)cc1. The van der Waals surface area contributed by atoms with Crippen molar-refractivity contribution in [3.63, 3.8) is 0 Å². The normalized spacial score (nSPS) is 11.2. The fourth-order valence-electron chi connectivity index (χ4n) is 3.26. The number of hydrogen-bond donors (Lipinski definition) is 1. The largest absolute Gasteiger partial charge is 0.491 e. The maximum absolute atomic E-state index is 13.3. The number of hydrogen-bond acceptors (Lipinski definition) is 4. The van der Waals surface area contributed by atoms with Crippen LogP contribution in [0.5, 0.6) is 5.75 Å². The molecule has 0 atom stereocenters. The predicted molar refractivity (Wildman–Crippen MR) is 132 cm³/mol. The molecule has 0 saturated carbocycles. The van der Waals surface area contributed by atoms with E-state index in [1.807, 2.05) is 39.0 Å². The molecular weight excluding hydrogens is 460 g/mol. The van der Waals surface area contributed by atoms with Gasteiger partial charge in [0.05, 0.1) is 17.1 Å². The maximum Gasteiger partial charge on any atom is 0.264 e. The third kappa shape index (κ3) is 6.49. The van der Waals surface area contributed by atoms with Crippen molar-refractivity contribution < 1.29 is 17.9 Å². The summed E-state index contributed by atoms with van der Waals surface area (Å²) in [5.41, 5.74) is 3.44. The van der Waals surface area contributed by atoms with Crippen molar-refractivity contribution in [2.24, 2.45) is 0 Å². The second-order valence-corrected chi connectivity index (χ2v) is 10.1. The zero-order chi connectivity index (χ0) is 24.0. The second-order valence-electron chi connectivity index (χ2n) is 7.77. The van der Waals surface area contributed by atoms with Gasteiger partial charge in [0.15, 0.2) is 0 Å². The van der Waals surface area contributed by atoms with Gasteiger partial charge in [-0.15, -0.1) is 0 Å². The van der Waals surface area contributed by atoms with Gasteiger partial charge >= 0.3 is 0 Å². The quantitative estimate of drug-likeness (QED) is 0.446. The van der Waals surface area contributed by atoms with Crippen LogP contribution in [-0.4, -0.2) is 34.0 Å². The standard InChI is InChI=1S/C25H27ClN2O4S/c1-18-4-11-23(12-5-18)33(30,31)28(22-9-7-21(26)8-10-22)17-25(29)27-14-15-32-24-13-6-19(2)16-20(24)3/h4-13,16H,14-15,17H2,1-3H3,(H,27,29). The molecule has 33 heavy (non-hydrogen) atoms. The molecule has 0 bridgehead atoms. The third-order valence-corrected chi connectivity index (χ3v) is 7.06. The van der Waals surface area contributed by atoms with Crippen LogP contribution in [0, 0.1) is 20.8 Å². The summed E-state index contributed by atoms with van der Waals surface area (Å²) >= 11 is 5.96. The highest BCUT2D eigenvalue weighted by Gasteiger charge is 2.27. The molecule has 0 aliphatic rings. The molecular formula is C25H27ClN2O4S. The topological polar surface area (TPSA) is 75.7 Å². The molecule has 1 N–H and O–H groups in total. The molecule has 0 heterocycles. The van der Waals surface area contributed by atoms with Gasteiger partial charge in [-0.1, -0.05) is 47.0 Å². The Morgan fingerprint density at radius 1 is 0.939 bits per heavy atom. The summed E-state index contributed by atoms with van der Waals surface area (Å²) in [6.45, 7) is 5.98. The summed E-state index contributed by atoms with van der Waals surface area (Å²) in [5, 5.41) is 3.20. The minimum Gasteiger partial charge on any atom is -0.491 e. The summed E-state index contributed by atoms with van der Waals surface area (Å²) in [5.74, 6) is 0.310. The van der Waals surface area contributed by atoms with E-state index in [0.717, 1.165) is 26.7 Å². The van der Waals surface area contributed by atoms with Crippen LogP contribution in [0.1, 0.15) is 16.7 Å². The van der Waals surface area contributed by atoms with Crippen molar-refractivity contribution in [2.45, 2.75) is 25.7 Å². The number of benzene rings is 3. The van der Waals surface area contributed by atoms with E-state index >= 15 is 0 Å². The van der Waals surface area contributed by atoms with E-state index < -0.39 is 15.9 Å². The van der Waals surface area contributed by atoms with Gasteiger partial charge in [0.2, 0.25) is 5.91 Å². The molecule has 0 spiro atoms. The predicted octanol–water partition coefficient (Wildman–Crippen LogP) is 4.66. The Bertz CT molecular complexity index is 1210. The fourth-order valence-corrected chi connectivity index (χ4v) is 4.81. The molecule has 0 saturated heterocycles. The number of rotatable bonds is 9. The molecule has 0 radical (unpaired) electrons. The second kappa shape index (κ2) is 10.7. The van der Waals surface area contributed by atoms with Crippen LogP contribution in [0.4, 0.5) is 5.69 Å². The van der Waals surface area contributed by atoms with E-state index in [4.69, 9.17) is 16.3 Å². The molecule has 3 rings (SSSR count). The summed E-state index contributed by atoms with van der Waals surface area (Å²) in [6, 6.07) is 18.7. The molecule has 0 aromatic heterocycles. The average molecular weight is 487 g/mol. The van der Waals surface area contributed by atoms with Crippen LogP contribution in [0.15, 0.2) is 71.6 Å². The average Bonchev–Trinajstić information content (AvgIpc) is 2.77. The van der Waals surface area contributed by atoms with Crippen LogP contribution < -0.4 is 14.4 Å². The Kier molecular flexibility index (Phi) is 8.00. The first-order valence-corrected chi connectivity index (χ1v) is 12.3. The summed E-state index contributed by atoms with van der Waals surface area (Å²) in [7, 11) is -3.96. The van der Waals surface area contributed by atoms with Gasteiger partial charge in [-0.05, 0) is 68.8 Å². The van der Waals surface area contributed by atoms with Gasteiger partial charge in [0.25, 0.3) is 10.0 Å². The van der Waals surface area contributed by atoms with Crippen molar-refractivity contribution in [1.29, 1.82) is 0 Å². The van der Waals surface area contributed by atoms with E-state index in [-0.39, 0.29) is 24.6 Å². The lowest BCUT2D eigenvalue weighted by atomic mass is 10.1. The fraction of sp³-hybridized carbons (Fsp3) is 0.240. The Balaban J connectivity index is 1.69.